The molecule has 0 aliphatic carbocycles. The van der Waals surface area contributed by atoms with Crippen LogP contribution in [0.3, 0.4) is 0 Å². The van der Waals surface area contributed by atoms with Crippen LogP contribution in [0, 0.1) is 0 Å². The van der Waals surface area contributed by atoms with Gasteiger partial charge in [-0.1, -0.05) is 43.3 Å². The molecule has 2 aromatic carbocycles. The Kier molecular flexibility index (Phi) is 11.2. The summed E-state index contributed by atoms with van der Waals surface area (Å²) in [7, 11) is 0. The molecule has 150 valence electrons. The molecular formula is C23H28ClNO2S. The molecule has 0 saturated heterocycles. The van der Waals surface area contributed by atoms with E-state index in [-0.39, 0.29) is 0 Å². The molecule has 0 aliphatic heterocycles. The van der Waals surface area contributed by atoms with E-state index < -0.39 is 0 Å². The van der Waals surface area contributed by atoms with Gasteiger partial charge in [0.1, 0.15) is 24.7 Å². The topological polar surface area (TPSA) is 30.5 Å². The third-order valence-electron chi connectivity index (χ3n) is 3.80. The molecule has 1 N–H and O–H groups in total. The number of rotatable bonds is 10. The Morgan fingerprint density at radius 2 is 1.50 bits per heavy atom. The average molecular weight is 418 g/mol. The zero-order chi connectivity index (χ0) is 19.9. The Morgan fingerprint density at radius 1 is 0.893 bits per heavy atom. The standard InChI is InChI=1S/C15H19NOS.C8H9ClO/c1-2-13-10-15(18-12-13)11-16-8-9-17-14-6-4-3-5-7-14;9-6-7-10-8-4-2-1-3-5-8/h3-7,10,12,16H,2,8-9,11H2,1H3;1-5H,6-7H2. The Hall–Kier alpha value is -2.01. The number of alkyl halides is 1. The van der Waals surface area contributed by atoms with Crippen LogP contribution in [0.4, 0.5) is 0 Å². The van der Waals surface area contributed by atoms with E-state index in [2.05, 4.69) is 23.7 Å². The van der Waals surface area contributed by atoms with Crippen molar-refractivity contribution in [1.82, 2.24) is 5.32 Å². The van der Waals surface area contributed by atoms with E-state index in [9.17, 15) is 0 Å². The van der Waals surface area contributed by atoms with Crippen LogP contribution in [0.25, 0.3) is 0 Å². The van der Waals surface area contributed by atoms with Crippen molar-refractivity contribution in [2.75, 3.05) is 25.6 Å². The molecule has 5 heteroatoms. The van der Waals surface area contributed by atoms with Gasteiger partial charge in [0.2, 0.25) is 0 Å². The first kappa shape index (κ1) is 22.3. The summed E-state index contributed by atoms with van der Waals surface area (Å²) >= 11 is 7.25. The highest BCUT2D eigenvalue weighted by Crippen LogP contribution is 2.14. The monoisotopic (exact) mass is 417 g/mol. The first-order chi connectivity index (χ1) is 13.8. The van der Waals surface area contributed by atoms with Crippen molar-refractivity contribution in [3.8, 4) is 11.5 Å². The molecule has 0 amide bonds. The molecule has 0 fully saturated rings. The Bertz CT molecular complexity index is 750. The van der Waals surface area contributed by atoms with E-state index in [1.807, 2.05) is 72.0 Å². The molecule has 0 saturated carbocycles. The second-order valence-corrected chi connectivity index (χ2v) is 7.34. The smallest absolute Gasteiger partial charge is 0.119 e. The van der Waals surface area contributed by atoms with Gasteiger partial charge in [0.05, 0.1) is 5.88 Å². The first-order valence-corrected chi connectivity index (χ1v) is 10.9. The van der Waals surface area contributed by atoms with Crippen molar-refractivity contribution in [2.45, 2.75) is 19.9 Å². The van der Waals surface area contributed by atoms with Crippen LogP contribution in [-0.4, -0.2) is 25.6 Å². The van der Waals surface area contributed by atoms with E-state index >= 15 is 0 Å². The zero-order valence-electron chi connectivity index (χ0n) is 16.3. The fourth-order valence-electron chi connectivity index (χ4n) is 2.35. The fraction of sp³-hybridized carbons (Fsp3) is 0.304. The van der Waals surface area contributed by atoms with Gasteiger partial charge in [-0.2, -0.15) is 0 Å². The van der Waals surface area contributed by atoms with Crippen LogP contribution in [-0.2, 0) is 13.0 Å². The number of halogens is 1. The highest BCUT2D eigenvalue weighted by molar-refractivity contribution is 7.10. The van der Waals surface area contributed by atoms with Crippen molar-refractivity contribution in [3.05, 3.63) is 82.6 Å². The molecule has 0 bridgehead atoms. The van der Waals surface area contributed by atoms with Crippen molar-refractivity contribution in [3.63, 3.8) is 0 Å². The number of hydrogen-bond donors (Lipinski definition) is 1. The molecule has 0 unspecified atom stereocenters. The van der Waals surface area contributed by atoms with Crippen molar-refractivity contribution < 1.29 is 9.47 Å². The minimum Gasteiger partial charge on any atom is -0.492 e. The second kappa shape index (κ2) is 14.1. The van der Waals surface area contributed by atoms with E-state index in [1.165, 1.54) is 10.4 Å². The Balaban J connectivity index is 0.000000237. The molecule has 3 aromatic rings. The van der Waals surface area contributed by atoms with Crippen molar-refractivity contribution >= 4 is 22.9 Å². The van der Waals surface area contributed by atoms with Crippen LogP contribution >= 0.6 is 22.9 Å². The zero-order valence-corrected chi connectivity index (χ0v) is 17.8. The number of ether oxygens (including phenoxy) is 2. The number of aryl methyl sites for hydroxylation is 1. The summed E-state index contributed by atoms with van der Waals surface area (Å²) < 4.78 is 10.8. The van der Waals surface area contributed by atoms with Crippen LogP contribution in [0.5, 0.6) is 11.5 Å². The third-order valence-corrected chi connectivity index (χ3v) is 4.94. The summed E-state index contributed by atoms with van der Waals surface area (Å²) in [6.45, 7) is 5.27. The molecule has 0 spiro atoms. The SMILES string of the molecule is CCc1csc(CNCCOc2ccccc2)c1.ClCCOc1ccccc1. The number of thiophene rings is 1. The number of para-hydroxylation sites is 2. The summed E-state index contributed by atoms with van der Waals surface area (Å²) in [5.41, 5.74) is 1.43. The molecule has 3 rings (SSSR count). The van der Waals surface area contributed by atoms with Crippen molar-refractivity contribution in [2.24, 2.45) is 0 Å². The average Bonchev–Trinajstić information content (AvgIpc) is 3.22. The number of hydrogen-bond acceptors (Lipinski definition) is 4. The van der Waals surface area contributed by atoms with Gasteiger partial charge < -0.3 is 14.8 Å². The number of nitrogens with one attached hydrogen (secondary N) is 1. The normalized spacial score (nSPS) is 10.1. The van der Waals surface area contributed by atoms with Gasteiger partial charge in [0.25, 0.3) is 0 Å². The van der Waals surface area contributed by atoms with Gasteiger partial charge in [-0.15, -0.1) is 22.9 Å². The van der Waals surface area contributed by atoms with Crippen molar-refractivity contribution in [1.29, 1.82) is 0 Å². The maximum atomic E-state index is 5.61. The van der Waals surface area contributed by atoms with Crippen LogP contribution in [0.1, 0.15) is 17.4 Å². The highest BCUT2D eigenvalue weighted by atomic mass is 35.5. The van der Waals surface area contributed by atoms with E-state index in [1.54, 1.807) is 0 Å². The van der Waals surface area contributed by atoms with E-state index in [0.717, 1.165) is 31.0 Å². The van der Waals surface area contributed by atoms with E-state index in [4.69, 9.17) is 21.1 Å². The minimum absolute atomic E-state index is 0.537. The van der Waals surface area contributed by atoms with Gasteiger partial charge >= 0.3 is 0 Å². The molecule has 1 aromatic heterocycles. The van der Waals surface area contributed by atoms with E-state index in [0.29, 0.717) is 19.1 Å². The molecule has 0 radical (unpaired) electrons. The summed E-state index contributed by atoms with van der Waals surface area (Å²) in [5, 5.41) is 5.63. The molecule has 3 nitrogen and oxygen atoms in total. The fourth-order valence-corrected chi connectivity index (χ4v) is 3.37. The Labute approximate surface area is 177 Å². The van der Waals surface area contributed by atoms with Crippen LogP contribution < -0.4 is 14.8 Å². The molecule has 1 heterocycles. The first-order valence-electron chi connectivity index (χ1n) is 9.50. The van der Waals surface area contributed by atoms with Gasteiger partial charge in [-0.05, 0) is 47.7 Å². The number of benzene rings is 2. The minimum atomic E-state index is 0.537. The predicted octanol–water partition coefficient (Wildman–Crippen LogP) is 5.78. The second-order valence-electron chi connectivity index (χ2n) is 5.96. The molecule has 0 aliphatic rings. The summed E-state index contributed by atoms with van der Waals surface area (Å²) in [5.74, 6) is 2.35. The van der Waals surface area contributed by atoms with Gasteiger partial charge in [-0.25, -0.2) is 0 Å². The quantitative estimate of drug-likeness (QED) is 0.335. The largest absolute Gasteiger partial charge is 0.492 e. The lowest BCUT2D eigenvalue weighted by Crippen LogP contribution is -2.20. The lowest BCUT2D eigenvalue weighted by molar-refractivity contribution is 0.314. The predicted molar refractivity (Wildman–Crippen MR) is 120 cm³/mol. The lowest BCUT2D eigenvalue weighted by Gasteiger charge is -2.06. The van der Waals surface area contributed by atoms with Crippen LogP contribution in [0.2, 0.25) is 0 Å². The maximum Gasteiger partial charge on any atom is 0.119 e. The highest BCUT2D eigenvalue weighted by Gasteiger charge is 1.98. The summed E-state index contributed by atoms with van der Waals surface area (Å²) in [6.07, 6.45) is 1.12. The Morgan fingerprint density at radius 3 is 2.04 bits per heavy atom. The van der Waals surface area contributed by atoms with Gasteiger partial charge in [0, 0.05) is 18.0 Å². The molecule has 0 atom stereocenters. The maximum absolute atomic E-state index is 5.61. The molecule has 28 heavy (non-hydrogen) atoms. The lowest BCUT2D eigenvalue weighted by atomic mass is 10.2. The van der Waals surface area contributed by atoms with Gasteiger partial charge in [0.15, 0.2) is 0 Å². The summed E-state index contributed by atoms with van der Waals surface area (Å²) in [6, 6.07) is 21.8. The van der Waals surface area contributed by atoms with Gasteiger partial charge in [-0.3, -0.25) is 0 Å². The summed E-state index contributed by atoms with van der Waals surface area (Å²) in [4.78, 5) is 1.39. The van der Waals surface area contributed by atoms with Crippen LogP contribution in [0.15, 0.2) is 72.1 Å². The third kappa shape index (κ3) is 9.27. The molecular weight excluding hydrogens is 390 g/mol.